The highest BCUT2D eigenvalue weighted by atomic mass is 32.2. The van der Waals surface area contributed by atoms with Gasteiger partial charge < -0.3 is 28.8 Å². The number of anilines is 1. The molecule has 2 aliphatic rings. The standard InChI is InChI=1S/C32H39F2N7O4S/c1-32(2,3)45-31(43)39-12-11-21(17-39)35-29(42)20-13-22-26(24(15-20)44-5)38(4)28(36-22)23-14-19-9-10-25(41(46-6)30(33)34)37-27(19)40(23)16-18-7-8-18/h9-10,13-15,18,21,30H,7-8,11-12,16-17H2,1-6H3,(H,35,42). The van der Waals surface area contributed by atoms with Crippen molar-refractivity contribution < 1.29 is 27.8 Å². The van der Waals surface area contributed by atoms with Gasteiger partial charge >= 0.3 is 12.6 Å². The van der Waals surface area contributed by atoms with E-state index in [2.05, 4.69) is 14.9 Å². The van der Waals surface area contributed by atoms with Crippen LogP contribution in [0.5, 0.6) is 5.75 Å². The lowest BCUT2D eigenvalue weighted by Crippen LogP contribution is -2.40. The number of pyridine rings is 1. The van der Waals surface area contributed by atoms with Gasteiger partial charge in [0.05, 0.1) is 18.3 Å². The summed E-state index contributed by atoms with van der Waals surface area (Å²) in [6.45, 7) is 4.32. The smallest absolute Gasteiger partial charge is 0.410 e. The number of fused-ring (bicyclic) bond motifs is 2. The summed E-state index contributed by atoms with van der Waals surface area (Å²) in [5.74, 6) is 1.51. The SMILES string of the molecule is COc1cc(C(=O)NC2CCN(C(=O)OC(C)(C)C)C2)cc2nc(-c3cc4ccc(N(SC)C(F)F)nc4n3CC3CC3)n(C)c12. The Morgan fingerprint density at radius 3 is 2.57 bits per heavy atom. The van der Waals surface area contributed by atoms with Gasteiger partial charge in [0.2, 0.25) is 0 Å². The summed E-state index contributed by atoms with van der Waals surface area (Å²) in [7, 11) is 3.44. The number of carbonyl (C=O) groups excluding carboxylic acids is 2. The molecule has 6 rings (SSSR count). The monoisotopic (exact) mass is 655 g/mol. The van der Waals surface area contributed by atoms with Gasteiger partial charge in [-0.3, -0.25) is 4.79 Å². The van der Waals surface area contributed by atoms with E-state index in [1.165, 1.54) is 0 Å². The molecule has 1 atom stereocenters. The summed E-state index contributed by atoms with van der Waals surface area (Å²) in [6, 6.07) is 8.62. The number of carbonyl (C=O) groups is 2. The van der Waals surface area contributed by atoms with Crippen LogP contribution in [0.1, 0.15) is 50.4 Å². The number of imidazole rings is 1. The van der Waals surface area contributed by atoms with Crippen LogP contribution in [0, 0.1) is 5.92 Å². The van der Waals surface area contributed by atoms with Crippen molar-refractivity contribution in [2.24, 2.45) is 13.0 Å². The Morgan fingerprint density at radius 1 is 1.15 bits per heavy atom. The quantitative estimate of drug-likeness (QED) is 0.172. The van der Waals surface area contributed by atoms with Gasteiger partial charge in [0.1, 0.15) is 28.3 Å². The molecule has 1 unspecified atom stereocenters. The van der Waals surface area contributed by atoms with E-state index in [0.29, 0.717) is 65.8 Å². The van der Waals surface area contributed by atoms with E-state index < -0.39 is 18.2 Å². The predicted octanol–water partition coefficient (Wildman–Crippen LogP) is 6.05. The number of methoxy groups -OCH3 is 1. The number of hydrogen-bond acceptors (Lipinski definition) is 8. The number of alkyl halides is 2. The average Bonchev–Trinajstić information content (AvgIpc) is 3.42. The fraction of sp³-hybridized carbons (Fsp3) is 0.500. The van der Waals surface area contributed by atoms with Crippen molar-refractivity contribution in [3.05, 3.63) is 35.9 Å². The Bertz CT molecular complexity index is 1800. The number of rotatable bonds is 9. The highest BCUT2D eigenvalue weighted by molar-refractivity contribution is 7.99. The molecule has 2 amide bonds. The minimum absolute atomic E-state index is 0.190. The zero-order valence-corrected chi connectivity index (χ0v) is 27.7. The lowest BCUT2D eigenvalue weighted by Gasteiger charge is -2.24. The third-order valence-electron chi connectivity index (χ3n) is 8.29. The number of hydrogen-bond donors (Lipinski definition) is 1. The summed E-state index contributed by atoms with van der Waals surface area (Å²) in [4.78, 5) is 37.2. The second-order valence-electron chi connectivity index (χ2n) is 12.9. The number of nitrogens with one attached hydrogen (secondary N) is 1. The van der Waals surface area contributed by atoms with E-state index in [4.69, 9.17) is 14.5 Å². The van der Waals surface area contributed by atoms with Crippen molar-refractivity contribution in [1.82, 2.24) is 29.3 Å². The first-order valence-corrected chi connectivity index (χ1v) is 16.5. The maximum Gasteiger partial charge on any atom is 0.410 e. The van der Waals surface area contributed by atoms with E-state index in [0.717, 1.165) is 40.2 Å². The molecule has 2 fully saturated rings. The van der Waals surface area contributed by atoms with Gasteiger partial charge in [-0.2, -0.15) is 8.78 Å². The van der Waals surface area contributed by atoms with Crippen molar-refractivity contribution in [3.63, 3.8) is 0 Å². The fourth-order valence-electron chi connectivity index (χ4n) is 5.91. The zero-order chi connectivity index (χ0) is 32.9. The van der Waals surface area contributed by atoms with Crippen LogP contribution in [0.15, 0.2) is 30.3 Å². The van der Waals surface area contributed by atoms with E-state index in [1.54, 1.807) is 36.5 Å². The first-order chi connectivity index (χ1) is 21.9. The zero-order valence-electron chi connectivity index (χ0n) is 26.8. The molecule has 1 aromatic carbocycles. The number of nitrogens with zero attached hydrogens (tertiary/aromatic N) is 6. The molecule has 1 aliphatic heterocycles. The predicted molar refractivity (Wildman–Crippen MR) is 174 cm³/mol. The molecule has 11 nitrogen and oxygen atoms in total. The van der Waals surface area contributed by atoms with Crippen molar-refractivity contribution in [1.29, 1.82) is 0 Å². The number of aryl methyl sites for hydroxylation is 1. The summed E-state index contributed by atoms with van der Waals surface area (Å²) >= 11 is 0.927. The number of ether oxygens (including phenoxy) is 2. The second-order valence-corrected chi connectivity index (χ2v) is 13.6. The maximum atomic E-state index is 13.7. The van der Waals surface area contributed by atoms with E-state index in [-0.39, 0.29) is 17.8 Å². The van der Waals surface area contributed by atoms with Crippen LogP contribution in [0.4, 0.5) is 19.4 Å². The highest BCUT2D eigenvalue weighted by Gasteiger charge is 2.32. The lowest BCUT2D eigenvalue weighted by molar-refractivity contribution is 0.0290. The van der Waals surface area contributed by atoms with Crippen LogP contribution >= 0.6 is 11.9 Å². The maximum absolute atomic E-state index is 13.7. The Balaban J connectivity index is 1.32. The van der Waals surface area contributed by atoms with Gasteiger partial charge in [-0.05, 0) is 88.2 Å². The number of benzene rings is 1. The largest absolute Gasteiger partial charge is 0.494 e. The van der Waals surface area contributed by atoms with Crippen molar-refractivity contribution >= 4 is 51.8 Å². The van der Waals surface area contributed by atoms with Crippen molar-refractivity contribution in [2.75, 3.05) is 30.8 Å². The van der Waals surface area contributed by atoms with E-state index in [1.807, 2.05) is 44.5 Å². The summed E-state index contributed by atoms with van der Waals surface area (Å²) in [5.41, 5.74) is 2.51. The number of aromatic nitrogens is 4. The molecule has 0 bridgehead atoms. The number of likely N-dealkylation sites (tertiary alicyclic amines) is 1. The third kappa shape index (κ3) is 6.31. The van der Waals surface area contributed by atoms with Gasteiger partial charge in [0.25, 0.3) is 5.91 Å². The average molecular weight is 656 g/mol. The molecule has 46 heavy (non-hydrogen) atoms. The topological polar surface area (TPSA) is 107 Å². The summed E-state index contributed by atoms with van der Waals surface area (Å²) in [6.07, 6.45) is 4.01. The number of halogens is 2. The molecule has 1 N–H and O–H groups in total. The van der Waals surface area contributed by atoms with Crippen LogP contribution in [0.3, 0.4) is 0 Å². The van der Waals surface area contributed by atoms with E-state index >= 15 is 0 Å². The van der Waals surface area contributed by atoms with Crippen LogP contribution in [-0.4, -0.2) is 80.6 Å². The number of amides is 2. The molecule has 246 valence electrons. The molecule has 1 aliphatic carbocycles. The molecule has 4 heterocycles. The van der Waals surface area contributed by atoms with Crippen molar-refractivity contribution in [3.8, 4) is 17.3 Å². The summed E-state index contributed by atoms with van der Waals surface area (Å²) in [5, 5.41) is 3.87. The minimum atomic E-state index is -2.69. The Kier molecular flexibility index (Phi) is 8.51. The summed E-state index contributed by atoms with van der Waals surface area (Å²) < 4.78 is 43.5. The third-order valence-corrected chi connectivity index (χ3v) is 9.03. The van der Waals surface area contributed by atoms with Crippen LogP contribution in [-0.2, 0) is 18.3 Å². The molecule has 4 aromatic rings. The van der Waals surface area contributed by atoms with Crippen LogP contribution in [0.25, 0.3) is 33.6 Å². The molecule has 0 spiro atoms. The van der Waals surface area contributed by atoms with Gasteiger partial charge in [-0.15, -0.1) is 0 Å². The van der Waals surface area contributed by atoms with Gasteiger partial charge in [-0.25, -0.2) is 19.1 Å². The molecule has 1 saturated heterocycles. The van der Waals surface area contributed by atoms with E-state index in [9.17, 15) is 18.4 Å². The van der Waals surface area contributed by atoms with Gasteiger partial charge in [0.15, 0.2) is 5.82 Å². The van der Waals surface area contributed by atoms with Crippen molar-refractivity contribution in [2.45, 2.75) is 64.8 Å². The molecule has 14 heteroatoms. The van der Waals surface area contributed by atoms with Crippen LogP contribution < -0.4 is 14.4 Å². The first-order valence-electron chi connectivity index (χ1n) is 15.3. The molecular formula is C32H39F2N7O4S. The van der Waals surface area contributed by atoms with Gasteiger partial charge in [-0.1, -0.05) is 0 Å². The second kappa shape index (κ2) is 12.3. The first kappa shape index (κ1) is 31.9. The normalized spacial score (nSPS) is 16.9. The van der Waals surface area contributed by atoms with Crippen LogP contribution in [0.2, 0.25) is 0 Å². The molecule has 0 radical (unpaired) electrons. The van der Waals surface area contributed by atoms with Gasteiger partial charge in [0, 0.05) is 49.9 Å². The molecular weight excluding hydrogens is 616 g/mol. The minimum Gasteiger partial charge on any atom is -0.494 e. The fourth-order valence-corrected chi connectivity index (χ4v) is 6.36. The highest BCUT2D eigenvalue weighted by Crippen LogP contribution is 2.38. The molecule has 3 aromatic heterocycles. The lowest BCUT2D eigenvalue weighted by atomic mass is 10.1. The Hall–Kier alpha value is -4.07. The molecule has 1 saturated carbocycles. The Labute approximate surface area is 270 Å². The Morgan fingerprint density at radius 2 is 1.91 bits per heavy atom.